The lowest BCUT2D eigenvalue weighted by molar-refractivity contribution is 0.0754. The topological polar surface area (TPSA) is 53.0 Å². The third kappa shape index (κ3) is 4.22. The molecule has 0 fully saturated rings. The molecule has 1 N–H and O–H groups in total. The highest BCUT2D eigenvalue weighted by atomic mass is 79.9. The van der Waals surface area contributed by atoms with Gasteiger partial charge in [0.15, 0.2) is 0 Å². The molecule has 1 aromatic carbocycles. The van der Waals surface area contributed by atoms with E-state index in [9.17, 15) is 9.90 Å². The first-order valence-corrected chi connectivity index (χ1v) is 9.00. The Bertz CT molecular complexity index is 611. The molecule has 1 unspecified atom stereocenters. The SMILES string of the molecule is CN(C)CCOc1cc(Br)c2c(c1)CCN(C(=O)O)C2C(C)(C)C. The van der Waals surface area contributed by atoms with Crippen LogP contribution in [0.1, 0.15) is 37.9 Å². The van der Waals surface area contributed by atoms with Crippen LogP contribution in [-0.4, -0.2) is 54.8 Å². The number of carbonyl (C=O) groups is 1. The lowest BCUT2D eigenvalue weighted by Crippen LogP contribution is -2.44. The largest absolute Gasteiger partial charge is 0.492 e. The molecule has 24 heavy (non-hydrogen) atoms. The summed E-state index contributed by atoms with van der Waals surface area (Å²) in [5.41, 5.74) is 2.04. The zero-order valence-corrected chi connectivity index (χ0v) is 16.7. The van der Waals surface area contributed by atoms with E-state index >= 15 is 0 Å². The van der Waals surface area contributed by atoms with E-state index in [0.29, 0.717) is 19.6 Å². The molecule has 0 saturated heterocycles. The van der Waals surface area contributed by atoms with Crippen molar-refractivity contribution in [1.82, 2.24) is 9.80 Å². The maximum Gasteiger partial charge on any atom is 0.407 e. The van der Waals surface area contributed by atoms with E-state index in [-0.39, 0.29) is 11.5 Å². The molecule has 2 rings (SSSR count). The Morgan fingerprint density at radius 3 is 2.62 bits per heavy atom. The lowest BCUT2D eigenvalue weighted by atomic mass is 9.77. The van der Waals surface area contributed by atoms with E-state index in [1.807, 2.05) is 20.2 Å². The summed E-state index contributed by atoms with van der Waals surface area (Å²) < 4.78 is 6.78. The third-order valence-electron chi connectivity index (χ3n) is 4.27. The number of nitrogens with zero attached hydrogens (tertiary/aromatic N) is 2. The molecule has 1 atom stereocenters. The number of carboxylic acid groups (broad SMARTS) is 1. The Balaban J connectivity index is 2.36. The first-order valence-electron chi connectivity index (χ1n) is 8.20. The molecule has 1 heterocycles. The van der Waals surface area contributed by atoms with Crippen LogP contribution in [0, 0.1) is 5.41 Å². The van der Waals surface area contributed by atoms with E-state index in [0.717, 1.165) is 22.3 Å². The monoisotopic (exact) mass is 398 g/mol. The number of likely N-dealkylation sites (N-methyl/N-ethyl adjacent to an activating group) is 1. The highest BCUT2D eigenvalue weighted by Crippen LogP contribution is 2.46. The van der Waals surface area contributed by atoms with E-state index in [2.05, 4.69) is 47.7 Å². The molecule has 5 nitrogen and oxygen atoms in total. The summed E-state index contributed by atoms with van der Waals surface area (Å²) in [6.45, 7) is 8.23. The number of ether oxygens (including phenoxy) is 1. The van der Waals surface area contributed by atoms with E-state index in [1.165, 1.54) is 5.56 Å². The summed E-state index contributed by atoms with van der Waals surface area (Å²) in [6, 6.07) is 3.84. The molecule has 1 aliphatic rings. The first-order chi connectivity index (χ1) is 11.1. The average Bonchev–Trinajstić information content (AvgIpc) is 2.44. The Morgan fingerprint density at radius 2 is 2.08 bits per heavy atom. The van der Waals surface area contributed by atoms with Crippen LogP contribution in [-0.2, 0) is 6.42 Å². The molecule has 6 heteroatoms. The summed E-state index contributed by atoms with van der Waals surface area (Å²) in [5.74, 6) is 0.832. The van der Waals surface area contributed by atoms with Crippen LogP contribution in [0.5, 0.6) is 5.75 Å². The zero-order valence-electron chi connectivity index (χ0n) is 15.1. The molecule has 0 saturated carbocycles. The number of rotatable bonds is 4. The van der Waals surface area contributed by atoms with Gasteiger partial charge < -0.3 is 19.6 Å². The number of amides is 1. The van der Waals surface area contributed by atoms with Gasteiger partial charge in [-0.25, -0.2) is 4.79 Å². The predicted molar refractivity (Wildman–Crippen MR) is 98.8 cm³/mol. The van der Waals surface area contributed by atoms with Gasteiger partial charge in [-0.3, -0.25) is 0 Å². The van der Waals surface area contributed by atoms with Crippen molar-refractivity contribution in [3.8, 4) is 5.75 Å². The molecule has 1 aliphatic heterocycles. The molecule has 0 bridgehead atoms. The average molecular weight is 399 g/mol. The van der Waals surface area contributed by atoms with Gasteiger partial charge in [-0.2, -0.15) is 0 Å². The van der Waals surface area contributed by atoms with Crippen molar-refractivity contribution in [3.05, 3.63) is 27.7 Å². The fourth-order valence-electron chi connectivity index (χ4n) is 3.22. The van der Waals surface area contributed by atoms with Gasteiger partial charge >= 0.3 is 6.09 Å². The molecule has 0 radical (unpaired) electrons. The van der Waals surface area contributed by atoms with Gasteiger partial charge in [0.25, 0.3) is 0 Å². The summed E-state index contributed by atoms with van der Waals surface area (Å²) in [4.78, 5) is 15.3. The van der Waals surface area contributed by atoms with Crippen molar-refractivity contribution in [3.63, 3.8) is 0 Å². The maximum atomic E-state index is 11.7. The first kappa shape index (κ1) is 19.1. The van der Waals surface area contributed by atoms with Crippen LogP contribution in [0.3, 0.4) is 0 Å². The van der Waals surface area contributed by atoms with E-state index in [4.69, 9.17) is 4.74 Å². The number of benzene rings is 1. The molecule has 0 aromatic heterocycles. The van der Waals surface area contributed by atoms with Gasteiger partial charge in [0, 0.05) is 17.6 Å². The van der Waals surface area contributed by atoms with Gasteiger partial charge in [-0.15, -0.1) is 0 Å². The Hall–Kier alpha value is -1.27. The summed E-state index contributed by atoms with van der Waals surface area (Å²) in [6.07, 6.45) is -0.156. The molecule has 1 aromatic rings. The molecular weight excluding hydrogens is 372 g/mol. The quantitative estimate of drug-likeness (QED) is 0.831. The summed E-state index contributed by atoms with van der Waals surface area (Å²) in [7, 11) is 4.03. The molecule has 1 amide bonds. The molecular formula is C18H27BrN2O3. The third-order valence-corrected chi connectivity index (χ3v) is 4.93. The lowest BCUT2D eigenvalue weighted by Gasteiger charge is -2.43. The van der Waals surface area contributed by atoms with Crippen molar-refractivity contribution in [1.29, 1.82) is 0 Å². The number of hydrogen-bond acceptors (Lipinski definition) is 3. The van der Waals surface area contributed by atoms with E-state index < -0.39 is 6.09 Å². The summed E-state index contributed by atoms with van der Waals surface area (Å²) in [5, 5.41) is 9.59. The van der Waals surface area contributed by atoms with Crippen LogP contribution >= 0.6 is 15.9 Å². The molecule has 0 aliphatic carbocycles. The minimum absolute atomic E-state index is 0.177. The Labute approximate surface area is 152 Å². The fourth-order valence-corrected chi connectivity index (χ4v) is 3.92. The number of halogens is 1. The van der Waals surface area contributed by atoms with Crippen LogP contribution in [0.4, 0.5) is 4.79 Å². The van der Waals surface area contributed by atoms with Crippen molar-refractivity contribution >= 4 is 22.0 Å². The summed E-state index contributed by atoms with van der Waals surface area (Å²) >= 11 is 3.65. The van der Waals surface area contributed by atoms with Gasteiger partial charge in [0.2, 0.25) is 0 Å². The Morgan fingerprint density at radius 1 is 1.42 bits per heavy atom. The van der Waals surface area contributed by atoms with Crippen molar-refractivity contribution in [2.75, 3.05) is 33.8 Å². The van der Waals surface area contributed by atoms with Crippen LogP contribution < -0.4 is 4.74 Å². The normalized spacial score (nSPS) is 17.8. The van der Waals surface area contributed by atoms with Crippen LogP contribution in [0.15, 0.2) is 16.6 Å². The second-order valence-corrected chi connectivity index (χ2v) is 8.48. The minimum Gasteiger partial charge on any atom is -0.492 e. The second-order valence-electron chi connectivity index (χ2n) is 7.62. The van der Waals surface area contributed by atoms with Gasteiger partial charge in [0.05, 0.1) is 6.04 Å². The van der Waals surface area contributed by atoms with Gasteiger partial charge in [-0.1, -0.05) is 36.7 Å². The highest BCUT2D eigenvalue weighted by molar-refractivity contribution is 9.10. The second kappa shape index (κ2) is 7.31. The zero-order chi connectivity index (χ0) is 18.1. The molecule has 134 valence electrons. The fraction of sp³-hybridized carbons (Fsp3) is 0.611. The smallest absolute Gasteiger partial charge is 0.407 e. The van der Waals surface area contributed by atoms with Gasteiger partial charge in [-0.05, 0) is 49.2 Å². The van der Waals surface area contributed by atoms with Crippen LogP contribution in [0.2, 0.25) is 0 Å². The van der Waals surface area contributed by atoms with Gasteiger partial charge in [0.1, 0.15) is 12.4 Å². The minimum atomic E-state index is -0.862. The number of hydrogen-bond donors (Lipinski definition) is 1. The van der Waals surface area contributed by atoms with Crippen molar-refractivity contribution in [2.24, 2.45) is 5.41 Å². The van der Waals surface area contributed by atoms with Crippen LogP contribution in [0.25, 0.3) is 0 Å². The Kier molecular flexibility index (Phi) is 5.81. The van der Waals surface area contributed by atoms with E-state index in [1.54, 1.807) is 4.90 Å². The van der Waals surface area contributed by atoms with Crippen molar-refractivity contribution in [2.45, 2.75) is 33.2 Å². The number of fused-ring (bicyclic) bond motifs is 1. The molecule has 0 spiro atoms. The van der Waals surface area contributed by atoms with Crippen molar-refractivity contribution < 1.29 is 14.6 Å². The predicted octanol–water partition coefficient (Wildman–Crippen LogP) is 4.01. The standard InChI is InChI=1S/C18H27BrN2O3/c1-18(2,3)16-15-12(6-7-21(16)17(22)23)10-13(11-14(15)19)24-9-8-20(4)5/h10-11,16H,6-9H2,1-5H3,(H,22,23). The maximum absolute atomic E-state index is 11.7. The highest BCUT2D eigenvalue weighted by Gasteiger charge is 2.40.